The fraction of sp³-hybridized carbons (Fsp3) is 0. The summed E-state index contributed by atoms with van der Waals surface area (Å²) in [7, 11) is -1.42. The molecule has 0 spiro atoms. The molecule has 0 saturated heterocycles. The van der Waals surface area contributed by atoms with Crippen LogP contribution in [0, 0.1) is 0 Å². The van der Waals surface area contributed by atoms with Gasteiger partial charge in [0.05, 0.1) is 0 Å². The van der Waals surface area contributed by atoms with Crippen molar-refractivity contribution in [2.75, 3.05) is 0 Å². The molecule has 3 nitrogen and oxygen atoms in total. The Kier molecular flexibility index (Phi) is 148. The molecule has 0 bridgehead atoms. The third-order valence-corrected chi connectivity index (χ3v) is 0. The van der Waals surface area contributed by atoms with Crippen molar-refractivity contribution < 1.29 is 14.4 Å². The minimum Gasteiger partial charge on any atom is -0.412 e. The second kappa shape index (κ2) is 33.3. The van der Waals surface area contributed by atoms with Crippen LogP contribution in [0.2, 0.25) is 0 Å². The topological polar surface area (TPSA) is 65.6 Å². The minimum absolute atomic E-state index is 0. The van der Waals surface area contributed by atoms with Gasteiger partial charge in [-0.1, -0.05) is 0 Å². The Labute approximate surface area is 70.2 Å². The fourth-order valence-electron chi connectivity index (χ4n) is 0. The average molecular weight is 128 g/mol. The predicted octanol–water partition coefficient (Wildman–Crippen LogP) is -2.20. The molecule has 2 N–H and O–H groups in total. The van der Waals surface area contributed by atoms with Gasteiger partial charge in [0.25, 0.3) is 0 Å². The zero-order valence-electron chi connectivity index (χ0n) is 3.39. The van der Waals surface area contributed by atoms with Crippen LogP contribution in [0.3, 0.4) is 0 Å². The Balaban J connectivity index is -0.00000000667. The van der Waals surface area contributed by atoms with Crippen LogP contribution in [0.15, 0.2) is 0 Å². The molecule has 0 aromatic rings. The number of hydrogen-bond acceptors (Lipinski definition) is 2. The summed E-state index contributed by atoms with van der Waals surface area (Å²) in [5, 5.41) is 0. The molecule has 0 saturated carbocycles. The Hall–Kier alpha value is 1.31. The summed E-state index contributed by atoms with van der Waals surface area (Å²) >= 11 is 0. The Bertz CT molecular complexity index is 31.8. The van der Waals surface area contributed by atoms with E-state index < -0.39 is 9.29 Å². The molecule has 6 heteroatoms. The molecule has 0 aliphatic heterocycles. The summed E-state index contributed by atoms with van der Waals surface area (Å²) in [6.07, 6.45) is 0. The van der Waals surface area contributed by atoms with E-state index in [1.807, 2.05) is 0 Å². The van der Waals surface area contributed by atoms with Gasteiger partial charge in [0.15, 0.2) is 0 Å². The van der Waals surface area contributed by atoms with E-state index in [2.05, 4.69) is 0 Å². The molecule has 0 fully saturated rings. The van der Waals surface area contributed by atoms with Gasteiger partial charge in [-0.2, -0.15) is 0 Å². The van der Waals surface area contributed by atoms with Crippen molar-refractivity contribution >= 4 is 56.2 Å². The zero-order valence-corrected chi connectivity index (χ0v) is 7.55. The third-order valence-electron chi connectivity index (χ3n) is 0. The molecule has 0 amide bonds. The second-order valence-electron chi connectivity index (χ2n) is 0.0833. The number of hydrogen-bond donors (Lipinski definition) is 0. The first-order chi connectivity index (χ1) is 1.41. The molecular formula is H2AlNaO3Si. The van der Waals surface area contributed by atoms with Crippen molar-refractivity contribution in [2.45, 2.75) is 0 Å². The van der Waals surface area contributed by atoms with Gasteiger partial charge in [-0.25, -0.2) is 0 Å². The maximum atomic E-state index is 8.40. The second-order valence-corrected chi connectivity index (χ2v) is 0.250. The first kappa shape index (κ1) is 26.6. The summed E-state index contributed by atoms with van der Waals surface area (Å²) in [5.74, 6) is 0. The van der Waals surface area contributed by atoms with Crippen LogP contribution < -0.4 is 0 Å². The molecule has 4 radical (unpaired) electrons. The minimum atomic E-state index is -1.42. The van der Waals surface area contributed by atoms with E-state index in [-0.39, 0.29) is 52.4 Å². The van der Waals surface area contributed by atoms with Crippen molar-refractivity contribution in [1.82, 2.24) is 0 Å². The van der Waals surface area contributed by atoms with E-state index in [0.717, 1.165) is 0 Å². The summed E-state index contributed by atoms with van der Waals surface area (Å²) in [6, 6.07) is 0. The molecule has 28 valence electrons. The van der Waals surface area contributed by atoms with Crippen molar-refractivity contribution in [1.29, 1.82) is 0 Å². The predicted molar refractivity (Wildman–Crippen MR) is 22.2 cm³/mol. The van der Waals surface area contributed by atoms with Crippen LogP contribution in [0.1, 0.15) is 0 Å². The van der Waals surface area contributed by atoms with Gasteiger partial charge in [0, 0.05) is 46.9 Å². The molecule has 0 unspecified atom stereocenters. The first-order valence-electron chi connectivity index (χ1n) is 0.408. The third kappa shape index (κ3) is 57.5. The average Bonchev–Trinajstić information content (AvgIpc) is 0.918. The normalized spacial score (nSPS) is 1.33. The van der Waals surface area contributed by atoms with Gasteiger partial charge in [0.1, 0.15) is 0 Å². The van der Waals surface area contributed by atoms with Crippen LogP contribution in [-0.4, -0.2) is 61.7 Å². The number of rotatable bonds is 0. The molecular weight excluding hydrogens is 126 g/mol. The van der Waals surface area contributed by atoms with Crippen LogP contribution in [0.25, 0.3) is 0 Å². The monoisotopic (exact) mass is 128 g/mol. The van der Waals surface area contributed by atoms with Crippen LogP contribution in [0.4, 0.5) is 0 Å². The largest absolute Gasteiger partial charge is 0.549 e. The van der Waals surface area contributed by atoms with Crippen LogP contribution >= 0.6 is 0 Å². The van der Waals surface area contributed by atoms with Gasteiger partial charge >= 0.3 is 9.29 Å². The molecule has 0 aromatic carbocycles. The van der Waals surface area contributed by atoms with Crippen molar-refractivity contribution in [2.24, 2.45) is 0 Å². The van der Waals surface area contributed by atoms with E-state index in [1.54, 1.807) is 0 Å². The maximum Gasteiger partial charge on any atom is 0.549 e. The van der Waals surface area contributed by atoms with E-state index in [9.17, 15) is 0 Å². The van der Waals surface area contributed by atoms with Gasteiger partial charge in [0.2, 0.25) is 0 Å². The Morgan fingerprint density at radius 1 is 1.17 bits per heavy atom. The molecule has 0 rings (SSSR count). The summed E-state index contributed by atoms with van der Waals surface area (Å²) in [6.45, 7) is 0. The SMILES string of the molecule is O.O=[Si]=O.[Al].[Na]. The van der Waals surface area contributed by atoms with Gasteiger partial charge in [-0.15, -0.1) is 0 Å². The van der Waals surface area contributed by atoms with Crippen LogP contribution in [-0.2, 0) is 8.92 Å². The van der Waals surface area contributed by atoms with Crippen LogP contribution in [0.5, 0.6) is 0 Å². The molecule has 0 aliphatic rings. The molecule has 0 aromatic heterocycles. The summed E-state index contributed by atoms with van der Waals surface area (Å²) < 4.78 is 16.8. The standard InChI is InChI=1S/Al.Na.O2Si.H2O/c;;1-3-2;/h;;;1H2. The van der Waals surface area contributed by atoms with E-state index >= 15 is 0 Å². The molecule has 0 heterocycles. The molecule has 0 atom stereocenters. The maximum absolute atomic E-state index is 8.40. The summed E-state index contributed by atoms with van der Waals surface area (Å²) in [4.78, 5) is 0. The molecule has 6 heavy (non-hydrogen) atoms. The van der Waals surface area contributed by atoms with Crippen molar-refractivity contribution in [3.63, 3.8) is 0 Å². The van der Waals surface area contributed by atoms with Gasteiger partial charge in [-0.05, 0) is 0 Å². The van der Waals surface area contributed by atoms with E-state index in [1.165, 1.54) is 0 Å². The van der Waals surface area contributed by atoms with E-state index in [0.29, 0.717) is 0 Å². The van der Waals surface area contributed by atoms with Gasteiger partial charge < -0.3 is 5.48 Å². The first-order valence-corrected chi connectivity index (χ1v) is 1.22. The van der Waals surface area contributed by atoms with Crippen molar-refractivity contribution in [3.05, 3.63) is 0 Å². The quantitative estimate of drug-likeness (QED) is 0.347. The summed E-state index contributed by atoms with van der Waals surface area (Å²) in [5.41, 5.74) is 0. The molecule has 0 aliphatic carbocycles. The smallest absolute Gasteiger partial charge is 0.412 e. The van der Waals surface area contributed by atoms with Gasteiger partial charge in [-0.3, -0.25) is 8.92 Å². The fourth-order valence-corrected chi connectivity index (χ4v) is 0. The van der Waals surface area contributed by atoms with Crippen molar-refractivity contribution in [3.8, 4) is 0 Å². The Morgan fingerprint density at radius 2 is 1.17 bits per heavy atom. The Morgan fingerprint density at radius 3 is 1.17 bits per heavy atom. The zero-order chi connectivity index (χ0) is 2.71. The van der Waals surface area contributed by atoms with E-state index in [4.69, 9.17) is 8.92 Å².